The van der Waals surface area contributed by atoms with Crippen LogP contribution in [0.4, 0.5) is 15.8 Å². The molecule has 3 N–H and O–H groups in total. The fraction of sp³-hybridized carbons (Fsp3) is 0.294. The van der Waals surface area contributed by atoms with Crippen molar-refractivity contribution < 1.29 is 23.5 Å². The van der Waals surface area contributed by atoms with Gasteiger partial charge in [0.1, 0.15) is 18.0 Å². The van der Waals surface area contributed by atoms with E-state index in [4.69, 9.17) is 9.52 Å². The quantitative estimate of drug-likeness (QED) is 0.753. The number of nitrogens with one attached hydrogen (secondary N) is 2. The zero-order chi connectivity index (χ0) is 17.9. The van der Waals surface area contributed by atoms with Gasteiger partial charge in [-0.2, -0.15) is 0 Å². The number of rotatable bonds is 6. The van der Waals surface area contributed by atoms with E-state index in [1.807, 2.05) is 13.8 Å². The maximum absolute atomic E-state index is 13.5. The van der Waals surface area contributed by atoms with Crippen LogP contribution in [0.3, 0.4) is 0 Å². The Bertz CT molecular complexity index is 768. The second-order valence-electron chi connectivity index (χ2n) is 5.73. The first-order valence-corrected chi connectivity index (χ1v) is 7.44. The second kappa shape index (κ2) is 7.16. The average Bonchev–Trinajstić information content (AvgIpc) is 2.81. The number of anilines is 2. The van der Waals surface area contributed by atoms with Crippen LogP contribution in [0.15, 0.2) is 28.9 Å². The summed E-state index contributed by atoms with van der Waals surface area (Å²) in [6, 6.07) is 4.11. The lowest BCUT2D eigenvalue weighted by atomic mass is 10.1. The van der Waals surface area contributed by atoms with Crippen LogP contribution >= 0.6 is 0 Å². The Morgan fingerprint density at radius 2 is 2.00 bits per heavy atom. The van der Waals surface area contributed by atoms with Crippen molar-refractivity contribution in [3.8, 4) is 0 Å². The number of carbonyl (C=O) groups excluding carboxylic acids is 1. The molecule has 7 heteroatoms. The third kappa shape index (κ3) is 4.13. The molecule has 1 amide bonds. The van der Waals surface area contributed by atoms with Crippen LogP contribution in [0, 0.1) is 12.7 Å². The first-order chi connectivity index (χ1) is 11.3. The van der Waals surface area contributed by atoms with Gasteiger partial charge < -0.3 is 20.2 Å². The number of benzene rings is 1. The van der Waals surface area contributed by atoms with Crippen molar-refractivity contribution in [2.45, 2.75) is 33.2 Å². The molecule has 0 radical (unpaired) electrons. The molecule has 0 saturated heterocycles. The topological polar surface area (TPSA) is 91.6 Å². The largest absolute Gasteiger partial charge is 0.481 e. The van der Waals surface area contributed by atoms with E-state index in [0.717, 1.165) is 0 Å². The van der Waals surface area contributed by atoms with Gasteiger partial charge in [0.15, 0.2) is 0 Å². The fourth-order valence-corrected chi connectivity index (χ4v) is 2.31. The first kappa shape index (κ1) is 17.5. The van der Waals surface area contributed by atoms with Crippen LogP contribution in [0.2, 0.25) is 0 Å². The van der Waals surface area contributed by atoms with Gasteiger partial charge in [-0.3, -0.25) is 9.59 Å². The number of hydrogen-bond acceptors (Lipinski definition) is 4. The molecule has 0 fully saturated rings. The molecule has 24 heavy (non-hydrogen) atoms. The molecule has 0 bridgehead atoms. The normalized spacial score (nSPS) is 10.7. The van der Waals surface area contributed by atoms with Gasteiger partial charge >= 0.3 is 5.97 Å². The summed E-state index contributed by atoms with van der Waals surface area (Å²) in [7, 11) is 0. The fourth-order valence-electron chi connectivity index (χ4n) is 2.31. The van der Waals surface area contributed by atoms with Crippen molar-refractivity contribution in [1.29, 1.82) is 0 Å². The standard InChI is InChI=1S/C17H19FN2O4/c1-9(2)19-12-5-4-11(18)6-13(12)20-17(23)16-10(3)8-24-14(16)7-15(21)22/h4-6,8-9,19H,7H2,1-3H3,(H,20,23)(H,21,22). The predicted molar refractivity (Wildman–Crippen MR) is 87.9 cm³/mol. The number of carboxylic acid groups (broad SMARTS) is 1. The molecular weight excluding hydrogens is 315 g/mol. The van der Waals surface area contributed by atoms with E-state index in [9.17, 15) is 14.0 Å². The Morgan fingerprint density at radius 1 is 1.29 bits per heavy atom. The highest BCUT2D eigenvalue weighted by Crippen LogP contribution is 2.26. The molecule has 1 aromatic carbocycles. The van der Waals surface area contributed by atoms with Crippen LogP contribution < -0.4 is 10.6 Å². The zero-order valence-corrected chi connectivity index (χ0v) is 13.6. The minimum absolute atomic E-state index is 0.0623. The van der Waals surface area contributed by atoms with Crippen molar-refractivity contribution in [3.05, 3.63) is 47.2 Å². The number of hydrogen-bond donors (Lipinski definition) is 3. The molecule has 0 aliphatic heterocycles. The third-order valence-electron chi connectivity index (χ3n) is 3.26. The molecule has 0 atom stereocenters. The SMILES string of the molecule is Cc1coc(CC(=O)O)c1C(=O)Nc1cc(F)ccc1NC(C)C. The van der Waals surface area contributed by atoms with Crippen LogP contribution in [0.5, 0.6) is 0 Å². The summed E-state index contributed by atoms with van der Waals surface area (Å²) in [6.07, 6.45) is 0.920. The maximum Gasteiger partial charge on any atom is 0.311 e. The molecule has 2 rings (SSSR count). The number of halogens is 1. The minimum Gasteiger partial charge on any atom is -0.481 e. The lowest BCUT2D eigenvalue weighted by Crippen LogP contribution is -2.18. The van der Waals surface area contributed by atoms with E-state index >= 15 is 0 Å². The van der Waals surface area contributed by atoms with E-state index in [-0.39, 0.29) is 23.1 Å². The molecule has 128 valence electrons. The maximum atomic E-state index is 13.5. The van der Waals surface area contributed by atoms with Gasteiger partial charge in [-0.1, -0.05) is 0 Å². The highest BCUT2D eigenvalue weighted by Gasteiger charge is 2.21. The zero-order valence-electron chi connectivity index (χ0n) is 13.6. The van der Waals surface area contributed by atoms with Gasteiger partial charge in [0.25, 0.3) is 5.91 Å². The molecule has 6 nitrogen and oxygen atoms in total. The summed E-state index contributed by atoms with van der Waals surface area (Å²) in [5.74, 6) is -2.08. The van der Waals surface area contributed by atoms with Gasteiger partial charge in [0.2, 0.25) is 0 Å². The van der Waals surface area contributed by atoms with E-state index in [2.05, 4.69) is 10.6 Å². The van der Waals surface area contributed by atoms with Gasteiger partial charge in [-0.05, 0) is 39.0 Å². The molecule has 2 aromatic rings. The summed E-state index contributed by atoms with van der Waals surface area (Å²) in [5.41, 5.74) is 1.51. The number of furan rings is 1. The molecule has 0 saturated carbocycles. The minimum atomic E-state index is -1.11. The number of carbonyl (C=O) groups is 2. The van der Waals surface area contributed by atoms with Crippen molar-refractivity contribution in [3.63, 3.8) is 0 Å². The van der Waals surface area contributed by atoms with Crippen LogP contribution in [-0.2, 0) is 11.2 Å². The summed E-state index contributed by atoms with van der Waals surface area (Å²) in [6.45, 7) is 5.48. The van der Waals surface area contributed by atoms with Gasteiger partial charge in [0.05, 0.1) is 23.2 Å². The Labute approximate surface area is 138 Å². The van der Waals surface area contributed by atoms with Crippen molar-refractivity contribution in [2.24, 2.45) is 0 Å². The first-order valence-electron chi connectivity index (χ1n) is 7.44. The average molecular weight is 334 g/mol. The van der Waals surface area contributed by atoms with E-state index in [1.54, 1.807) is 6.92 Å². The van der Waals surface area contributed by atoms with E-state index in [0.29, 0.717) is 11.3 Å². The Balaban J connectivity index is 2.32. The number of aliphatic carboxylic acids is 1. The molecular formula is C17H19FN2O4. The van der Waals surface area contributed by atoms with Gasteiger partial charge in [0, 0.05) is 11.6 Å². The lowest BCUT2D eigenvalue weighted by Gasteiger charge is -2.16. The summed E-state index contributed by atoms with van der Waals surface area (Å²) >= 11 is 0. The Kier molecular flexibility index (Phi) is 5.23. The van der Waals surface area contributed by atoms with Crippen LogP contribution in [0.25, 0.3) is 0 Å². The molecule has 1 heterocycles. The second-order valence-corrected chi connectivity index (χ2v) is 5.73. The monoisotopic (exact) mass is 334 g/mol. The van der Waals surface area contributed by atoms with E-state index < -0.39 is 24.1 Å². The predicted octanol–water partition coefficient (Wildman–Crippen LogP) is 3.43. The van der Waals surface area contributed by atoms with Gasteiger partial charge in [-0.25, -0.2) is 4.39 Å². The molecule has 0 aliphatic carbocycles. The highest BCUT2D eigenvalue weighted by atomic mass is 19.1. The Morgan fingerprint density at radius 3 is 2.62 bits per heavy atom. The molecule has 0 spiro atoms. The highest BCUT2D eigenvalue weighted by molar-refractivity contribution is 6.07. The summed E-state index contributed by atoms with van der Waals surface area (Å²) in [4.78, 5) is 23.4. The molecule has 1 aromatic heterocycles. The van der Waals surface area contributed by atoms with E-state index in [1.165, 1.54) is 24.5 Å². The molecule has 0 aliphatic rings. The Hall–Kier alpha value is -2.83. The number of carboxylic acids is 1. The number of amides is 1. The van der Waals surface area contributed by atoms with Crippen LogP contribution in [0.1, 0.15) is 35.5 Å². The third-order valence-corrected chi connectivity index (χ3v) is 3.26. The lowest BCUT2D eigenvalue weighted by molar-refractivity contribution is -0.136. The molecule has 0 unspecified atom stereocenters. The van der Waals surface area contributed by atoms with Crippen LogP contribution in [-0.4, -0.2) is 23.0 Å². The van der Waals surface area contributed by atoms with Gasteiger partial charge in [-0.15, -0.1) is 0 Å². The summed E-state index contributed by atoms with van der Waals surface area (Å²) in [5, 5.41) is 14.6. The summed E-state index contributed by atoms with van der Waals surface area (Å²) < 4.78 is 18.7. The van der Waals surface area contributed by atoms with Crippen molar-refractivity contribution in [1.82, 2.24) is 0 Å². The van der Waals surface area contributed by atoms with Crippen molar-refractivity contribution in [2.75, 3.05) is 10.6 Å². The smallest absolute Gasteiger partial charge is 0.311 e. The number of aryl methyl sites for hydroxylation is 1. The van der Waals surface area contributed by atoms with Crippen molar-refractivity contribution >= 4 is 23.3 Å².